The molecular weight excluding hydrogens is 671 g/mol. The van der Waals surface area contributed by atoms with Gasteiger partial charge in [0.2, 0.25) is 0 Å². The number of para-hydroxylation sites is 3. The highest BCUT2D eigenvalue weighted by Crippen LogP contribution is 2.42. The van der Waals surface area contributed by atoms with Gasteiger partial charge in [-0.2, -0.15) is 0 Å². The monoisotopic (exact) mass is 723 g/mol. The van der Waals surface area contributed by atoms with Gasteiger partial charge in [0.05, 0.1) is 16.7 Å². The smallest absolute Gasteiger partial charge is 0.147 e. The van der Waals surface area contributed by atoms with Gasteiger partial charge in [-0.15, -0.1) is 0 Å². The van der Waals surface area contributed by atoms with Crippen molar-refractivity contribution in [2.45, 2.75) is 85.5 Å². The summed E-state index contributed by atoms with van der Waals surface area (Å²) in [7, 11) is 0. The number of hydrogen-bond donors (Lipinski definition) is 1. The number of nitrogens with zero attached hydrogens (tertiary/aromatic N) is 3. The van der Waals surface area contributed by atoms with Crippen molar-refractivity contribution in [1.82, 2.24) is 9.55 Å². The maximum atomic E-state index is 10.8. The molecule has 0 bridgehead atoms. The first-order valence-corrected chi connectivity index (χ1v) is 19.6. The number of imidazole rings is 1. The van der Waals surface area contributed by atoms with Gasteiger partial charge in [-0.05, 0) is 111 Å². The third-order valence-corrected chi connectivity index (χ3v) is 10.7. The number of fused-ring (bicyclic) bond motifs is 1. The van der Waals surface area contributed by atoms with Crippen LogP contribution in [0.15, 0.2) is 132 Å². The van der Waals surface area contributed by atoms with E-state index in [9.17, 15) is 5.11 Å². The Hall–Kier alpha value is -5.74. The van der Waals surface area contributed by atoms with Crippen LogP contribution in [0.2, 0.25) is 0 Å². The minimum atomic E-state index is -0.0578. The fourth-order valence-corrected chi connectivity index (χ4v) is 7.52. The Morgan fingerprint density at radius 2 is 1.27 bits per heavy atom. The Kier molecular flexibility index (Phi) is 10.4. The number of phenolic OH excluding ortho intramolecular Hbond substituents is 1. The van der Waals surface area contributed by atoms with E-state index in [0.29, 0.717) is 23.3 Å². The molecule has 0 amide bonds. The summed E-state index contributed by atoms with van der Waals surface area (Å²) in [5, 5.41) is 10.8. The summed E-state index contributed by atoms with van der Waals surface area (Å²) in [4.78, 5) is 10.5. The predicted octanol–water partition coefficient (Wildman–Crippen LogP) is 14.2. The third-order valence-electron chi connectivity index (χ3n) is 10.7. The van der Waals surface area contributed by atoms with Gasteiger partial charge in [-0.25, -0.2) is 4.98 Å². The molecule has 278 valence electrons. The largest absolute Gasteiger partial charge is 0.507 e. The molecule has 1 aromatic heterocycles. The van der Waals surface area contributed by atoms with Crippen molar-refractivity contribution in [1.29, 1.82) is 0 Å². The molecule has 55 heavy (non-hydrogen) atoms. The summed E-state index contributed by atoms with van der Waals surface area (Å²) in [6.45, 7) is 20.3. The fourth-order valence-electron chi connectivity index (χ4n) is 7.52. The molecule has 0 aliphatic rings. The molecule has 0 aliphatic carbocycles. The van der Waals surface area contributed by atoms with Gasteiger partial charge < -0.3 is 5.11 Å². The Labute approximate surface area is 327 Å². The molecule has 1 heterocycles. The molecule has 4 nitrogen and oxygen atoms in total. The van der Waals surface area contributed by atoms with Crippen molar-refractivity contribution < 1.29 is 5.11 Å². The van der Waals surface area contributed by atoms with Crippen LogP contribution in [0, 0.1) is 0 Å². The highest BCUT2D eigenvalue weighted by atomic mass is 16.3. The summed E-state index contributed by atoms with van der Waals surface area (Å²) in [6, 6.07) is 44.7. The first kappa shape index (κ1) is 37.6. The van der Waals surface area contributed by atoms with E-state index in [1.807, 2.05) is 36.4 Å². The number of aliphatic imine (C=N–C) groups is 1. The molecule has 0 atom stereocenters. The Morgan fingerprint density at radius 3 is 1.95 bits per heavy atom. The second kappa shape index (κ2) is 15.2. The molecule has 6 aromatic carbocycles. The van der Waals surface area contributed by atoms with Gasteiger partial charge in [0.1, 0.15) is 11.6 Å². The first-order valence-electron chi connectivity index (χ1n) is 19.6. The van der Waals surface area contributed by atoms with E-state index in [1.165, 1.54) is 27.8 Å². The maximum Gasteiger partial charge on any atom is 0.147 e. The molecule has 7 rings (SSSR count). The third kappa shape index (κ3) is 7.51. The van der Waals surface area contributed by atoms with Crippen LogP contribution >= 0.6 is 0 Å². The summed E-state index contributed by atoms with van der Waals surface area (Å²) >= 11 is 0. The van der Waals surface area contributed by atoms with E-state index in [0.717, 1.165) is 50.5 Å². The number of hydrogen-bond acceptors (Lipinski definition) is 3. The zero-order valence-electron chi connectivity index (χ0n) is 33.7. The number of phenols is 1. The lowest BCUT2D eigenvalue weighted by molar-refractivity contribution is 0.473. The van der Waals surface area contributed by atoms with E-state index in [4.69, 9.17) is 9.98 Å². The molecule has 0 radical (unpaired) electrons. The van der Waals surface area contributed by atoms with Gasteiger partial charge in [-0.3, -0.25) is 9.56 Å². The quantitative estimate of drug-likeness (QED) is 0.151. The number of rotatable bonds is 9. The van der Waals surface area contributed by atoms with Crippen molar-refractivity contribution in [2.24, 2.45) is 4.99 Å². The van der Waals surface area contributed by atoms with Crippen LogP contribution in [0.5, 0.6) is 5.75 Å². The summed E-state index contributed by atoms with van der Waals surface area (Å²) in [5.74, 6) is 2.24. The highest BCUT2D eigenvalue weighted by Gasteiger charge is 2.22. The number of aromatic hydroxyl groups is 1. The highest BCUT2D eigenvalue weighted by molar-refractivity contribution is 5.97. The summed E-state index contributed by atoms with van der Waals surface area (Å²) in [5.41, 5.74) is 15.4. The standard InChI is InChI=1S/C51H53N3O/c1-32(2)37-29-43(33(3)4)48(44(30-37)34(5)6)36-18-15-17-35(27-36)41-22-16-24-46-49(41)53-50(54(46)40-19-11-10-12-20-40)42-21-13-14-23-45(42)52-31-38-28-39(51(7,8)9)25-26-47(38)55/h10-34,55H,1-9H3. The summed E-state index contributed by atoms with van der Waals surface area (Å²) in [6.07, 6.45) is 1.76. The van der Waals surface area contributed by atoms with Crippen molar-refractivity contribution in [3.63, 3.8) is 0 Å². The average molecular weight is 724 g/mol. The van der Waals surface area contributed by atoms with Gasteiger partial charge >= 0.3 is 0 Å². The summed E-state index contributed by atoms with van der Waals surface area (Å²) < 4.78 is 2.24. The van der Waals surface area contributed by atoms with Gasteiger partial charge in [0, 0.05) is 28.6 Å². The van der Waals surface area contributed by atoms with Gasteiger partial charge in [-0.1, -0.05) is 141 Å². The molecule has 0 saturated heterocycles. The Balaban J connectivity index is 1.41. The van der Waals surface area contributed by atoms with E-state index in [-0.39, 0.29) is 11.2 Å². The minimum absolute atomic E-state index is 0.0578. The zero-order valence-corrected chi connectivity index (χ0v) is 33.7. The molecular formula is C51H53N3O. The van der Waals surface area contributed by atoms with Gasteiger partial charge in [0.15, 0.2) is 0 Å². The van der Waals surface area contributed by atoms with Crippen LogP contribution < -0.4 is 0 Å². The number of aromatic nitrogens is 2. The lowest BCUT2D eigenvalue weighted by Gasteiger charge is -2.23. The minimum Gasteiger partial charge on any atom is -0.507 e. The van der Waals surface area contributed by atoms with Crippen LogP contribution in [-0.2, 0) is 5.41 Å². The van der Waals surface area contributed by atoms with Crippen LogP contribution in [-0.4, -0.2) is 20.9 Å². The van der Waals surface area contributed by atoms with Crippen molar-refractivity contribution in [3.8, 4) is 45.1 Å². The van der Waals surface area contributed by atoms with E-state index in [1.54, 1.807) is 12.3 Å². The normalized spacial score (nSPS) is 12.2. The predicted molar refractivity (Wildman–Crippen MR) is 234 cm³/mol. The lowest BCUT2D eigenvalue weighted by atomic mass is 9.81. The average Bonchev–Trinajstić information content (AvgIpc) is 3.56. The van der Waals surface area contributed by atoms with Crippen LogP contribution in [0.25, 0.3) is 50.4 Å². The topological polar surface area (TPSA) is 50.4 Å². The van der Waals surface area contributed by atoms with Crippen molar-refractivity contribution in [3.05, 3.63) is 155 Å². The van der Waals surface area contributed by atoms with E-state index in [2.05, 4.69) is 152 Å². The molecule has 0 fully saturated rings. The van der Waals surface area contributed by atoms with Crippen molar-refractivity contribution in [2.75, 3.05) is 0 Å². The van der Waals surface area contributed by atoms with Gasteiger partial charge in [0.25, 0.3) is 0 Å². The van der Waals surface area contributed by atoms with E-state index >= 15 is 0 Å². The Morgan fingerprint density at radius 1 is 0.636 bits per heavy atom. The molecule has 0 unspecified atom stereocenters. The number of benzene rings is 6. The zero-order chi connectivity index (χ0) is 39.0. The van der Waals surface area contributed by atoms with Crippen molar-refractivity contribution >= 4 is 22.9 Å². The van der Waals surface area contributed by atoms with E-state index < -0.39 is 0 Å². The molecule has 1 N–H and O–H groups in total. The lowest BCUT2D eigenvalue weighted by Crippen LogP contribution is -2.11. The fraction of sp³-hybridized carbons (Fsp3) is 0.255. The molecule has 0 aliphatic heterocycles. The second-order valence-corrected chi connectivity index (χ2v) is 16.7. The van der Waals surface area contributed by atoms with Crippen LogP contribution in [0.4, 0.5) is 5.69 Å². The second-order valence-electron chi connectivity index (χ2n) is 16.7. The molecule has 7 aromatic rings. The SMILES string of the molecule is CC(C)c1cc(C(C)C)c(-c2cccc(-c3cccc4c3nc(-c3ccccc3N=Cc3cc(C(C)(C)C)ccc3O)n4-c3ccccc3)c2)c(C(C)C)c1. The van der Waals surface area contributed by atoms with Crippen LogP contribution in [0.3, 0.4) is 0 Å². The first-order chi connectivity index (χ1) is 26.3. The Bertz CT molecular complexity index is 2480. The maximum absolute atomic E-state index is 10.8. The molecule has 0 saturated carbocycles. The van der Waals surface area contributed by atoms with Crippen LogP contribution in [0.1, 0.15) is 108 Å². The molecule has 4 heteroatoms. The molecule has 0 spiro atoms.